The molecule has 5 nitrogen and oxygen atoms in total. The second-order valence-corrected chi connectivity index (χ2v) is 10.5. The zero-order chi connectivity index (χ0) is 15.7. The van der Waals surface area contributed by atoms with Gasteiger partial charge in [-0.2, -0.15) is 0 Å². The number of hydrogen-bond donors (Lipinski definition) is 2. The molecule has 0 radical (unpaired) electrons. The minimum atomic E-state index is -3.83. The van der Waals surface area contributed by atoms with Crippen molar-refractivity contribution in [2.75, 3.05) is 0 Å². The summed E-state index contributed by atoms with van der Waals surface area (Å²) in [6.45, 7) is 5.77. The fraction of sp³-hybridized carbons (Fsp3) is 0.933. The van der Waals surface area contributed by atoms with E-state index in [2.05, 4.69) is 18.6 Å². The van der Waals surface area contributed by atoms with Crippen LogP contribution in [0.25, 0.3) is 0 Å². The van der Waals surface area contributed by atoms with Crippen molar-refractivity contribution < 1.29 is 18.3 Å². The molecule has 4 bridgehead atoms. The number of sulfonamides is 1. The zero-order valence-electron chi connectivity index (χ0n) is 13.0. The minimum Gasteiger partial charge on any atom is -0.480 e. The zero-order valence-corrected chi connectivity index (χ0v) is 13.8. The van der Waals surface area contributed by atoms with E-state index in [-0.39, 0.29) is 10.8 Å². The summed E-state index contributed by atoms with van der Waals surface area (Å²) < 4.78 is 27.6. The van der Waals surface area contributed by atoms with Gasteiger partial charge in [0, 0.05) is 5.54 Å². The van der Waals surface area contributed by atoms with Gasteiger partial charge in [0.1, 0.15) is 0 Å². The third kappa shape index (κ3) is 2.50. The van der Waals surface area contributed by atoms with Crippen molar-refractivity contribution in [1.29, 1.82) is 0 Å². The quantitative estimate of drug-likeness (QED) is 0.832. The molecule has 4 aliphatic rings. The van der Waals surface area contributed by atoms with E-state index in [1.807, 2.05) is 0 Å². The molecule has 0 aromatic heterocycles. The monoisotopic (exact) mass is 315 g/mol. The average molecular weight is 315 g/mol. The smallest absolute Gasteiger partial charge is 0.323 e. The van der Waals surface area contributed by atoms with Crippen molar-refractivity contribution in [3.05, 3.63) is 0 Å². The molecule has 0 aromatic carbocycles. The summed E-state index contributed by atoms with van der Waals surface area (Å²) in [5, 5.41) is 7.62. The third-order valence-corrected chi connectivity index (χ3v) is 7.65. The van der Waals surface area contributed by atoms with E-state index < -0.39 is 26.8 Å². The molecule has 0 aliphatic heterocycles. The van der Waals surface area contributed by atoms with Crippen molar-refractivity contribution in [3.63, 3.8) is 0 Å². The maximum atomic E-state index is 12.4. The average Bonchev–Trinajstić information content (AvgIpc) is 2.20. The second-order valence-electron chi connectivity index (χ2n) is 8.54. The van der Waals surface area contributed by atoms with Crippen LogP contribution in [0.2, 0.25) is 0 Å². The molecule has 0 amide bonds. The van der Waals surface area contributed by atoms with Crippen LogP contribution >= 0.6 is 0 Å². The maximum absolute atomic E-state index is 12.4. The van der Waals surface area contributed by atoms with E-state index >= 15 is 0 Å². The van der Waals surface area contributed by atoms with Gasteiger partial charge in [-0.3, -0.25) is 4.79 Å². The summed E-state index contributed by atoms with van der Waals surface area (Å²) in [5.74, 6) is -0.719. The Morgan fingerprint density at radius 1 is 1.14 bits per heavy atom. The Morgan fingerprint density at radius 3 is 2.10 bits per heavy atom. The molecular weight excluding hydrogens is 290 g/mol. The molecule has 120 valence electrons. The molecule has 4 aliphatic carbocycles. The third-order valence-electron chi connectivity index (χ3n) is 5.80. The molecule has 4 saturated carbocycles. The van der Waals surface area contributed by atoms with Gasteiger partial charge in [0.25, 0.3) is 0 Å². The predicted molar refractivity (Wildman–Crippen MR) is 79.3 cm³/mol. The van der Waals surface area contributed by atoms with Crippen molar-refractivity contribution in [2.24, 2.45) is 16.7 Å². The lowest BCUT2D eigenvalue weighted by molar-refractivity contribution is -0.136. The molecule has 3 atom stereocenters. The van der Waals surface area contributed by atoms with Crippen LogP contribution in [0.3, 0.4) is 0 Å². The predicted octanol–water partition coefficient (Wildman–Crippen LogP) is 2.13. The largest absolute Gasteiger partial charge is 0.480 e. The van der Waals surface area contributed by atoms with Crippen LogP contribution in [-0.2, 0) is 14.8 Å². The first-order valence-corrected chi connectivity index (χ1v) is 9.27. The first kappa shape index (κ1) is 15.3. The van der Waals surface area contributed by atoms with Gasteiger partial charge in [-0.05, 0) is 62.2 Å². The molecule has 0 saturated heterocycles. The Morgan fingerprint density at radius 2 is 1.67 bits per heavy atom. The van der Waals surface area contributed by atoms with E-state index in [1.165, 1.54) is 19.8 Å². The summed E-state index contributed by atoms with van der Waals surface area (Å²) in [4.78, 5) is 11.0. The molecule has 0 spiro atoms. The highest BCUT2D eigenvalue weighted by Gasteiger charge is 2.61. The number of carboxylic acids is 1. The van der Waals surface area contributed by atoms with Gasteiger partial charge in [0.15, 0.2) is 5.25 Å². The van der Waals surface area contributed by atoms with Crippen LogP contribution in [0.1, 0.15) is 59.3 Å². The lowest BCUT2D eigenvalue weighted by Gasteiger charge is -2.65. The van der Waals surface area contributed by atoms with Crippen LogP contribution < -0.4 is 4.72 Å². The Hall–Kier alpha value is -0.620. The summed E-state index contributed by atoms with van der Waals surface area (Å²) in [7, 11) is -3.83. The SMILES string of the molecule is CC(C(=O)O)S(=O)(=O)NC12CC3CC(C)(CC(C)(C3)C1)C2. The number of carbonyl (C=O) groups is 1. The summed E-state index contributed by atoms with van der Waals surface area (Å²) in [5.41, 5.74) is -0.0300. The molecule has 0 heterocycles. The first-order valence-electron chi connectivity index (χ1n) is 7.72. The number of rotatable bonds is 4. The van der Waals surface area contributed by atoms with Crippen LogP contribution in [0.4, 0.5) is 0 Å². The molecule has 2 N–H and O–H groups in total. The Bertz CT molecular complexity index is 566. The second kappa shape index (κ2) is 4.22. The van der Waals surface area contributed by atoms with Gasteiger partial charge in [-0.1, -0.05) is 13.8 Å². The first-order chi connectivity index (χ1) is 9.47. The number of aliphatic carboxylic acids is 1. The van der Waals surface area contributed by atoms with Crippen molar-refractivity contribution in [3.8, 4) is 0 Å². The van der Waals surface area contributed by atoms with E-state index in [4.69, 9.17) is 5.11 Å². The Labute approximate surface area is 126 Å². The lowest BCUT2D eigenvalue weighted by atomic mass is 9.43. The number of nitrogens with one attached hydrogen (secondary N) is 1. The normalized spacial score (nSPS) is 46.5. The molecule has 4 fully saturated rings. The molecular formula is C15H25NO4S. The minimum absolute atomic E-state index is 0.198. The summed E-state index contributed by atoms with van der Waals surface area (Å²) in [6, 6.07) is 0. The lowest BCUT2D eigenvalue weighted by Crippen LogP contribution is -2.66. The molecule has 6 heteroatoms. The number of hydrogen-bond acceptors (Lipinski definition) is 3. The van der Waals surface area contributed by atoms with Gasteiger partial charge in [-0.15, -0.1) is 0 Å². The van der Waals surface area contributed by atoms with Crippen LogP contribution in [0.15, 0.2) is 0 Å². The fourth-order valence-electron chi connectivity index (χ4n) is 6.08. The van der Waals surface area contributed by atoms with Crippen molar-refractivity contribution in [2.45, 2.75) is 70.1 Å². The van der Waals surface area contributed by atoms with Crippen molar-refractivity contribution >= 4 is 16.0 Å². The van der Waals surface area contributed by atoms with Crippen LogP contribution in [-0.4, -0.2) is 30.3 Å². The molecule has 4 rings (SSSR count). The highest BCUT2D eigenvalue weighted by Crippen LogP contribution is 2.66. The van der Waals surface area contributed by atoms with Crippen molar-refractivity contribution in [1.82, 2.24) is 4.72 Å². The number of carboxylic acid groups (broad SMARTS) is 1. The van der Waals surface area contributed by atoms with Crippen LogP contribution in [0.5, 0.6) is 0 Å². The Balaban J connectivity index is 1.90. The van der Waals surface area contributed by atoms with Gasteiger partial charge in [-0.25, -0.2) is 13.1 Å². The fourth-order valence-corrected chi connectivity index (χ4v) is 7.36. The maximum Gasteiger partial charge on any atom is 0.323 e. The van der Waals surface area contributed by atoms with E-state index in [1.54, 1.807) is 0 Å². The molecule has 21 heavy (non-hydrogen) atoms. The van der Waals surface area contributed by atoms with Gasteiger partial charge in [0.2, 0.25) is 10.0 Å². The van der Waals surface area contributed by atoms with E-state index in [9.17, 15) is 13.2 Å². The van der Waals surface area contributed by atoms with Crippen LogP contribution in [0, 0.1) is 16.7 Å². The van der Waals surface area contributed by atoms with Gasteiger partial charge < -0.3 is 5.11 Å². The molecule has 3 unspecified atom stereocenters. The van der Waals surface area contributed by atoms with Gasteiger partial charge >= 0.3 is 5.97 Å². The highest BCUT2D eigenvalue weighted by atomic mass is 32.2. The highest BCUT2D eigenvalue weighted by molar-refractivity contribution is 7.90. The van der Waals surface area contributed by atoms with E-state index in [0.717, 1.165) is 25.7 Å². The molecule has 0 aromatic rings. The topological polar surface area (TPSA) is 83.5 Å². The Kier molecular flexibility index (Phi) is 3.07. The van der Waals surface area contributed by atoms with E-state index in [0.29, 0.717) is 5.92 Å². The standard InChI is InChI=1S/C15H25NO4S/c1-10(12(17)18)21(19,20)16-15-6-11-4-13(2,8-15)7-14(3,5-11)9-15/h10-11,16H,4-9H2,1-3H3,(H,17,18). The summed E-state index contributed by atoms with van der Waals surface area (Å²) in [6.07, 6.45) is 6.08. The van der Waals surface area contributed by atoms with Gasteiger partial charge in [0.05, 0.1) is 0 Å². The summed E-state index contributed by atoms with van der Waals surface area (Å²) >= 11 is 0.